The Kier molecular flexibility index (Phi) is 13.8. The van der Waals surface area contributed by atoms with Crippen LogP contribution in [0.5, 0.6) is 0 Å². The van der Waals surface area contributed by atoms with Crippen molar-refractivity contribution in [2.75, 3.05) is 13.1 Å². The van der Waals surface area contributed by atoms with Crippen molar-refractivity contribution in [3.05, 3.63) is 11.6 Å². The molecule has 0 bridgehead atoms. The average Bonchev–Trinajstić information content (AvgIpc) is 3.48. The molecule has 2 N–H and O–H groups in total. The largest absolute Gasteiger partial charge is 0.462 e. The number of esters is 1. The number of hydrogen-bond acceptors (Lipinski definition) is 7. The van der Waals surface area contributed by atoms with Gasteiger partial charge in [0.2, 0.25) is 5.91 Å². The summed E-state index contributed by atoms with van der Waals surface area (Å²) in [6.07, 6.45) is 14.3. The number of hydrogen-bond donors (Lipinski definition) is 2. The van der Waals surface area contributed by atoms with Crippen molar-refractivity contribution in [2.45, 2.75) is 188 Å². The molecule has 3 fully saturated rings. The Balaban J connectivity index is 1.29. The van der Waals surface area contributed by atoms with E-state index in [0.29, 0.717) is 38.3 Å². The number of rotatable bonds is 13. The second kappa shape index (κ2) is 17.1. The van der Waals surface area contributed by atoms with Gasteiger partial charge in [-0.05, 0) is 157 Å². The van der Waals surface area contributed by atoms with Crippen LogP contribution in [0.2, 0.25) is 0 Å². The topological polar surface area (TPSA) is 123 Å². The second-order valence-corrected chi connectivity index (χ2v) is 19.5. The summed E-state index contributed by atoms with van der Waals surface area (Å²) in [6.45, 7) is 19.4. The third-order valence-electron chi connectivity index (χ3n) is 11.7. The molecule has 4 aliphatic rings. The highest BCUT2D eigenvalue weighted by atomic mass is 16.6. The second-order valence-electron chi connectivity index (χ2n) is 19.5. The van der Waals surface area contributed by atoms with Crippen molar-refractivity contribution in [1.29, 1.82) is 0 Å². The van der Waals surface area contributed by atoms with E-state index in [-0.39, 0.29) is 30.8 Å². The number of ether oxygens (including phenoxy) is 3. The Hall–Kier alpha value is -2.78. The fourth-order valence-electron chi connectivity index (χ4n) is 9.34. The SMILES string of the molecule is CC(C)(CCCN(CCC(C)(C)NC(=O)OC(C)(C)C)C(=O)CCC(=O)OC1CCC2C(=CCC3C4CCCC4CCC23)C1)NC(=O)OC(C)(C)C. The third-order valence-corrected chi connectivity index (χ3v) is 11.7. The number of carbonyl (C=O) groups is 4. The van der Waals surface area contributed by atoms with E-state index in [1.54, 1.807) is 4.90 Å². The first-order chi connectivity index (χ1) is 24.1. The predicted octanol–water partition coefficient (Wildman–Crippen LogP) is 8.86. The van der Waals surface area contributed by atoms with Gasteiger partial charge in [0.15, 0.2) is 0 Å². The van der Waals surface area contributed by atoms with Gasteiger partial charge in [0.1, 0.15) is 17.3 Å². The number of allylic oxidation sites excluding steroid dienone is 1. The summed E-state index contributed by atoms with van der Waals surface area (Å²) in [7, 11) is 0. The lowest BCUT2D eigenvalue weighted by Crippen LogP contribution is -2.48. The van der Waals surface area contributed by atoms with Gasteiger partial charge in [0.25, 0.3) is 0 Å². The van der Waals surface area contributed by atoms with Crippen molar-refractivity contribution >= 4 is 24.1 Å². The Morgan fingerprint density at radius 1 is 0.712 bits per heavy atom. The Bertz CT molecular complexity index is 1290. The van der Waals surface area contributed by atoms with E-state index in [1.807, 2.05) is 69.2 Å². The highest BCUT2D eigenvalue weighted by molar-refractivity contribution is 5.81. The van der Waals surface area contributed by atoms with Crippen molar-refractivity contribution < 1.29 is 33.4 Å². The molecule has 0 saturated heterocycles. The van der Waals surface area contributed by atoms with E-state index in [0.717, 1.165) is 42.9 Å². The first kappa shape index (κ1) is 42.0. The van der Waals surface area contributed by atoms with Crippen LogP contribution in [0.15, 0.2) is 11.6 Å². The van der Waals surface area contributed by atoms with Gasteiger partial charge in [0, 0.05) is 37.0 Å². The van der Waals surface area contributed by atoms with Gasteiger partial charge in [0.05, 0.1) is 6.42 Å². The summed E-state index contributed by atoms with van der Waals surface area (Å²) in [5, 5.41) is 5.87. The standard InChI is InChI=1S/C42H71N3O7/c1-39(2,3)51-37(48)43-41(7,8)23-12-25-45(26-24-42(9,10)44-38(49)52-40(4,5)6)35(46)21-22-36(47)50-30-17-20-32-29(27-30)16-19-33-31-14-11-13-28(31)15-18-34(32)33/h16,28,30-34H,11-15,17-27H2,1-10H3,(H,43,48)(H,44,49). The van der Waals surface area contributed by atoms with Crippen LogP contribution in [0.1, 0.15) is 159 Å². The zero-order chi connectivity index (χ0) is 38.5. The lowest BCUT2D eigenvalue weighted by Gasteiger charge is -2.49. The van der Waals surface area contributed by atoms with E-state index < -0.39 is 34.5 Å². The quantitative estimate of drug-likeness (QED) is 0.110. The molecule has 296 valence electrons. The first-order valence-corrected chi connectivity index (χ1v) is 20.3. The van der Waals surface area contributed by atoms with Crippen LogP contribution < -0.4 is 10.6 Å². The minimum atomic E-state index is -0.638. The average molecular weight is 730 g/mol. The maximum atomic E-state index is 13.7. The minimum absolute atomic E-state index is 0.0350. The summed E-state index contributed by atoms with van der Waals surface area (Å²) in [5.41, 5.74) is -0.908. The van der Waals surface area contributed by atoms with Crippen LogP contribution in [-0.4, -0.2) is 70.4 Å². The van der Waals surface area contributed by atoms with E-state index in [9.17, 15) is 19.2 Å². The van der Waals surface area contributed by atoms with E-state index in [2.05, 4.69) is 16.7 Å². The highest BCUT2D eigenvalue weighted by Gasteiger charge is 2.47. The molecule has 4 aliphatic carbocycles. The molecule has 10 heteroatoms. The molecule has 10 nitrogen and oxygen atoms in total. The minimum Gasteiger partial charge on any atom is -0.462 e. The molecule has 3 amide bonds. The molecule has 4 rings (SSSR count). The molecule has 6 unspecified atom stereocenters. The molecule has 6 atom stereocenters. The zero-order valence-corrected chi connectivity index (χ0v) is 34.2. The smallest absolute Gasteiger partial charge is 0.408 e. The Morgan fingerprint density at radius 2 is 1.35 bits per heavy atom. The van der Waals surface area contributed by atoms with Crippen molar-refractivity contribution in [2.24, 2.45) is 29.6 Å². The van der Waals surface area contributed by atoms with Crippen LogP contribution in [0.4, 0.5) is 9.59 Å². The van der Waals surface area contributed by atoms with Crippen LogP contribution in [0, 0.1) is 29.6 Å². The Labute approximate surface area is 314 Å². The number of nitrogens with zero attached hydrogens (tertiary/aromatic N) is 1. The molecule has 0 aliphatic heterocycles. The summed E-state index contributed by atoms with van der Waals surface area (Å²) < 4.78 is 16.9. The molecule has 52 heavy (non-hydrogen) atoms. The van der Waals surface area contributed by atoms with Gasteiger partial charge in [-0.15, -0.1) is 0 Å². The number of fused-ring (bicyclic) bond motifs is 5. The Morgan fingerprint density at radius 3 is 1.98 bits per heavy atom. The first-order valence-electron chi connectivity index (χ1n) is 20.3. The molecule has 0 radical (unpaired) electrons. The molecule has 0 aromatic carbocycles. The molecule has 0 spiro atoms. The van der Waals surface area contributed by atoms with Crippen LogP contribution in [0.25, 0.3) is 0 Å². The highest BCUT2D eigenvalue weighted by Crippen LogP contribution is 2.56. The summed E-state index contributed by atoms with van der Waals surface area (Å²) in [6, 6.07) is 0. The van der Waals surface area contributed by atoms with E-state index in [1.165, 1.54) is 44.1 Å². The molecule has 3 saturated carbocycles. The van der Waals surface area contributed by atoms with Crippen molar-refractivity contribution in [3.63, 3.8) is 0 Å². The van der Waals surface area contributed by atoms with Gasteiger partial charge in [-0.25, -0.2) is 9.59 Å². The summed E-state index contributed by atoms with van der Waals surface area (Å²) >= 11 is 0. The molecule has 0 heterocycles. The zero-order valence-electron chi connectivity index (χ0n) is 34.2. The monoisotopic (exact) mass is 730 g/mol. The summed E-state index contributed by atoms with van der Waals surface area (Å²) in [5.74, 6) is 3.76. The fraction of sp³-hybridized carbons (Fsp3) is 0.857. The predicted molar refractivity (Wildman–Crippen MR) is 204 cm³/mol. The number of nitrogens with one attached hydrogen (secondary N) is 2. The number of alkyl carbamates (subject to hydrolysis) is 2. The lowest BCUT2D eigenvalue weighted by molar-refractivity contribution is -0.152. The van der Waals surface area contributed by atoms with Crippen molar-refractivity contribution in [1.82, 2.24) is 15.5 Å². The van der Waals surface area contributed by atoms with Crippen LogP contribution in [0.3, 0.4) is 0 Å². The third kappa shape index (κ3) is 13.0. The maximum Gasteiger partial charge on any atom is 0.408 e. The van der Waals surface area contributed by atoms with E-state index >= 15 is 0 Å². The van der Waals surface area contributed by atoms with Crippen molar-refractivity contribution in [3.8, 4) is 0 Å². The molecular formula is C42H71N3O7. The van der Waals surface area contributed by atoms with Gasteiger partial charge < -0.3 is 29.7 Å². The van der Waals surface area contributed by atoms with Gasteiger partial charge in [-0.2, -0.15) is 0 Å². The number of amides is 3. The lowest BCUT2D eigenvalue weighted by atomic mass is 9.57. The maximum absolute atomic E-state index is 13.7. The molecule has 0 aromatic heterocycles. The van der Waals surface area contributed by atoms with Gasteiger partial charge in [-0.1, -0.05) is 24.5 Å². The number of carbonyl (C=O) groups excluding carboxylic acids is 4. The van der Waals surface area contributed by atoms with Crippen LogP contribution >= 0.6 is 0 Å². The molecular weight excluding hydrogens is 658 g/mol. The fourth-order valence-corrected chi connectivity index (χ4v) is 9.34. The van der Waals surface area contributed by atoms with Gasteiger partial charge >= 0.3 is 18.2 Å². The molecule has 0 aromatic rings. The van der Waals surface area contributed by atoms with Crippen LogP contribution in [-0.2, 0) is 23.8 Å². The normalized spacial score (nSPS) is 26.2. The van der Waals surface area contributed by atoms with E-state index in [4.69, 9.17) is 14.2 Å². The summed E-state index contributed by atoms with van der Waals surface area (Å²) in [4.78, 5) is 53.5. The van der Waals surface area contributed by atoms with Gasteiger partial charge in [-0.3, -0.25) is 9.59 Å².